The average Bonchev–Trinajstić information content (AvgIpc) is 2.38. The standard InChI is InChI=1S/C11H21N3S2.HI/c12-11(14-3-7-16-8-4-14)13-9-10-1-5-15-6-2-10;/h10H,1-9H2,(H2,12,13);1H. The molecule has 2 aliphatic heterocycles. The van der Waals surface area contributed by atoms with E-state index in [1.165, 1.54) is 35.9 Å². The maximum atomic E-state index is 6.03. The molecule has 0 radical (unpaired) electrons. The van der Waals surface area contributed by atoms with Crippen molar-refractivity contribution in [3.05, 3.63) is 0 Å². The van der Waals surface area contributed by atoms with Crippen LogP contribution in [0, 0.1) is 5.92 Å². The Hall–Kier alpha value is 0.700. The lowest BCUT2D eigenvalue weighted by atomic mass is 10.0. The summed E-state index contributed by atoms with van der Waals surface area (Å²) in [6.45, 7) is 3.08. The molecule has 0 aromatic rings. The summed E-state index contributed by atoms with van der Waals surface area (Å²) in [6, 6.07) is 0. The molecule has 0 unspecified atom stereocenters. The van der Waals surface area contributed by atoms with E-state index in [0.717, 1.165) is 31.5 Å². The molecule has 2 rings (SSSR count). The van der Waals surface area contributed by atoms with Crippen molar-refractivity contribution in [3.63, 3.8) is 0 Å². The SMILES string of the molecule is I.NC(=NCC1CCSCC1)N1CCSCC1. The van der Waals surface area contributed by atoms with Crippen LogP contribution in [-0.4, -0.2) is 53.5 Å². The molecule has 0 amide bonds. The summed E-state index contributed by atoms with van der Waals surface area (Å²) in [5, 5.41) is 0. The Morgan fingerprint density at radius 1 is 1.12 bits per heavy atom. The van der Waals surface area contributed by atoms with Gasteiger partial charge in [-0.2, -0.15) is 23.5 Å². The van der Waals surface area contributed by atoms with Gasteiger partial charge >= 0.3 is 0 Å². The Kier molecular flexibility index (Phi) is 8.10. The van der Waals surface area contributed by atoms with E-state index >= 15 is 0 Å². The van der Waals surface area contributed by atoms with Crippen molar-refractivity contribution in [2.75, 3.05) is 42.6 Å². The van der Waals surface area contributed by atoms with Gasteiger partial charge in [0.15, 0.2) is 5.96 Å². The van der Waals surface area contributed by atoms with Gasteiger partial charge in [0.05, 0.1) is 0 Å². The fourth-order valence-electron chi connectivity index (χ4n) is 2.04. The predicted molar refractivity (Wildman–Crippen MR) is 90.9 cm³/mol. The highest BCUT2D eigenvalue weighted by Crippen LogP contribution is 2.22. The summed E-state index contributed by atoms with van der Waals surface area (Å²) in [5.74, 6) is 6.55. The van der Waals surface area contributed by atoms with Crippen LogP contribution >= 0.6 is 47.5 Å². The minimum absolute atomic E-state index is 0. The Morgan fingerprint density at radius 3 is 2.35 bits per heavy atom. The second kappa shape index (κ2) is 8.74. The number of halogens is 1. The zero-order valence-corrected chi connectivity index (χ0v) is 14.1. The van der Waals surface area contributed by atoms with E-state index in [-0.39, 0.29) is 24.0 Å². The summed E-state index contributed by atoms with van der Waals surface area (Å²) in [6.07, 6.45) is 2.63. The first-order chi connectivity index (χ1) is 7.86. The number of hydrogen-bond donors (Lipinski definition) is 1. The fourth-order valence-corrected chi connectivity index (χ4v) is 4.15. The van der Waals surface area contributed by atoms with Gasteiger partial charge in [-0.05, 0) is 30.3 Å². The van der Waals surface area contributed by atoms with Gasteiger partial charge in [0, 0.05) is 31.1 Å². The second-order valence-electron chi connectivity index (χ2n) is 4.35. The lowest BCUT2D eigenvalue weighted by Crippen LogP contribution is -2.43. The highest BCUT2D eigenvalue weighted by molar-refractivity contribution is 14.0. The lowest BCUT2D eigenvalue weighted by Gasteiger charge is -2.28. The normalized spacial score (nSPS) is 23.3. The number of hydrogen-bond acceptors (Lipinski definition) is 3. The maximum Gasteiger partial charge on any atom is 0.191 e. The largest absolute Gasteiger partial charge is 0.370 e. The minimum atomic E-state index is 0. The summed E-state index contributed by atoms with van der Waals surface area (Å²) >= 11 is 4.08. The summed E-state index contributed by atoms with van der Waals surface area (Å²) < 4.78 is 0. The molecule has 0 aliphatic carbocycles. The molecule has 2 aliphatic rings. The Morgan fingerprint density at radius 2 is 1.71 bits per heavy atom. The predicted octanol–water partition coefficient (Wildman–Crippen LogP) is 2.11. The Balaban J connectivity index is 0.00000144. The van der Waals surface area contributed by atoms with Gasteiger partial charge in [0.1, 0.15) is 0 Å². The topological polar surface area (TPSA) is 41.6 Å². The van der Waals surface area contributed by atoms with Crippen LogP contribution in [0.2, 0.25) is 0 Å². The second-order valence-corrected chi connectivity index (χ2v) is 6.80. The van der Waals surface area contributed by atoms with E-state index in [9.17, 15) is 0 Å². The molecule has 0 spiro atoms. The lowest BCUT2D eigenvalue weighted by molar-refractivity contribution is 0.447. The van der Waals surface area contributed by atoms with E-state index in [1.54, 1.807) is 0 Å². The third-order valence-electron chi connectivity index (χ3n) is 3.19. The number of nitrogens with two attached hydrogens (primary N) is 1. The highest BCUT2D eigenvalue weighted by atomic mass is 127. The zero-order chi connectivity index (χ0) is 11.2. The molecule has 6 heteroatoms. The number of rotatable bonds is 2. The van der Waals surface area contributed by atoms with Crippen molar-refractivity contribution in [2.45, 2.75) is 12.8 Å². The first-order valence-corrected chi connectivity index (χ1v) is 8.37. The maximum absolute atomic E-state index is 6.03. The molecule has 3 nitrogen and oxygen atoms in total. The van der Waals surface area contributed by atoms with Gasteiger partial charge in [-0.3, -0.25) is 4.99 Å². The first kappa shape index (κ1) is 15.8. The van der Waals surface area contributed by atoms with Crippen molar-refractivity contribution < 1.29 is 0 Å². The molecule has 2 N–H and O–H groups in total. The van der Waals surface area contributed by atoms with Crippen molar-refractivity contribution in [1.82, 2.24) is 4.90 Å². The molecule has 0 saturated carbocycles. The molecule has 2 fully saturated rings. The summed E-state index contributed by atoms with van der Waals surface area (Å²) in [5.41, 5.74) is 6.03. The molecule has 0 aromatic carbocycles. The van der Waals surface area contributed by atoms with Crippen LogP contribution in [0.15, 0.2) is 4.99 Å². The van der Waals surface area contributed by atoms with E-state index < -0.39 is 0 Å². The van der Waals surface area contributed by atoms with Crippen molar-refractivity contribution in [3.8, 4) is 0 Å². The number of aliphatic imine (C=N–C) groups is 1. The van der Waals surface area contributed by atoms with Gasteiger partial charge in [-0.1, -0.05) is 0 Å². The zero-order valence-electron chi connectivity index (χ0n) is 10.1. The van der Waals surface area contributed by atoms with Crippen LogP contribution in [0.3, 0.4) is 0 Å². The van der Waals surface area contributed by atoms with Gasteiger partial charge < -0.3 is 10.6 Å². The summed E-state index contributed by atoms with van der Waals surface area (Å²) in [4.78, 5) is 6.80. The van der Waals surface area contributed by atoms with Crippen molar-refractivity contribution in [2.24, 2.45) is 16.6 Å². The van der Waals surface area contributed by atoms with Crippen LogP contribution in [-0.2, 0) is 0 Å². The Bertz CT molecular complexity index is 239. The van der Waals surface area contributed by atoms with E-state index in [1.807, 2.05) is 11.8 Å². The quantitative estimate of drug-likeness (QED) is 0.448. The average molecular weight is 387 g/mol. The molecule has 100 valence electrons. The van der Waals surface area contributed by atoms with Crippen LogP contribution in [0.25, 0.3) is 0 Å². The monoisotopic (exact) mass is 387 g/mol. The molecule has 2 heterocycles. The van der Waals surface area contributed by atoms with Crippen LogP contribution in [0.1, 0.15) is 12.8 Å². The van der Waals surface area contributed by atoms with Gasteiger partial charge in [0.2, 0.25) is 0 Å². The van der Waals surface area contributed by atoms with Crippen LogP contribution in [0.4, 0.5) is 0 Å². The number of guanidine groups is 1. The van der Waals surface area contributed by atoms with E-state index in [0.29, 0.717) is 0 Å². The molecular formula is C11H22IN3S2. The molecule has 2 saturated heterocycles. The van der Waals surface area contributed by atoms with E-state index in [2.05, 4.69) is 21.7 Å². The van der Waals surface area contributed by atoms with Crippen molar-refractivity contribution >= 4 is 53.5 Å². The molecular weight excluding hydrogens is 365 g/mol. The fraction of sp³-hybridized carbons (Fsp3) is 0.909. The number of nitrogens with zero attached hydrogens (tertiary/aromatic N) is 2. The Labute approximate surface area is 130 Å². The third kappa shape index (κ3) is 5.46. The van der Waals surface area contributed by atoms with Gasteiger partial charge in [0.25, 0.3) is 0 Å². The van der Waals surface area contributed by atoms with Crippen molar-refractivity contribution in [1.29, 1.82) is 0 Å². The van der Waals surface area contributed by atoms with Gasteiger partial charge in [-0.15, -0.1) is 24.0 Å². The smallest absolute Gasteiger partial charge is 0.191 e. The van der Waals surface area contributed by atoms with Crippen LogP contribution in [0.5, 0.6) is 0 Å². The summed E-state index contributed by atoms with van der Waals surface area (Å²) in [7, 11) is 0. The molecule has 17 heavy (non-hydrogen) atoms. The molecule has 0 aromatic heterocycles. The highest BCUT2D eigenvalue weighted by Gasteiger charge is 2.15. The van der Waals surface area contributed by atoms with Gasteiger partial charge in [-0.25, -0.2) is 0 Å². The molecule has 0 bridgehead atoms. The van der Waals surface area contributed by atoms with E-state index in [4.69, 9.17) is 5.73 Å². The minimum Gasteiger partial charge on any atom is -0.370 e. The number of thioether (sulfide) groups is 2. The van der Waals surface area contributed by atoms with Crippen LogP contribution < -0.4 is 5.73 Å². The molecule has 0 atom stereocenters. The first-order valence-electron chi connectivity index (χ1n) is 6.06. The third-order valence-corrected chi connectivity index (χ3v) is 5.18.